The van der Waals surface area contributed by atoms with Gasteiger partial charge in [-0.1, -0.05) is 30.3 Å². The van der Waals surface area contributed by atoms with Gasteiger partial charge in [0, 0.05) is 23.9 Å². The van der Waals surface area contributed by atoms with Crippen LogP contribution in [0.25, 0.3) is 0 Å². The minimum absolute atomic E-state index is 0.200. The first-order valence-electron chi connectivity index (χ1n) is 8.86. The average molecular weight is 365 g/mol. The Kier molecular flexibility index (Phi) is 5.10. The van der Waals surface area contributed by atoms with E-state index in [4.69, 9.17) is 14.2 Å². The molecule has 1 aliphatic rings. The van der Waals surface area contributed by atoms with Gasteiger partial charge >= 0.3 is 0 Å². The Morgan fingerprint density at radius 3 is 2.63 bits per heavy atom. The Labute approximate surface area is 157 Å². The maximum atomic E-state index is 13.7. The van der Waals surface area contributed by atoms with Crippen LogP contribution < -0.4 is 19.5 Å². The van der Waals surface area contributed by atoms with Crippen LogP contribution in [0.15, 0.2) is 66.7 Å². The minimum Gasteiger partial charge on any atom is -0.489 e. The van der Waals surface area contributed by atoms with E-state index in [2.05, 4.69) is 5.32 Å². The molecule has 138 valence electrons. The molecule has 27 heavy (non-hydrogen) atoms. The molecule has 0 radical (unpaired) electrons. The minimum atomic E-state index is -0.256. The van der Waals surface area contributed by atoms with Crippen LogP contribution in [0, 0.1) is 5.82 Å². The molecular formula is C22H20FNO3. The molecule has 0 aliphatic carbocycles. The van der Waals surface area contributed by atoms with Crippen molar-refractivity contribution in [1.82, 2.24) is 0 Å². The molecule has 4 rings (SSSR count). The lowest BCUT2D eigenvalue weighted by atomic mass is 10.2. The fourth-order valence-electron chi connectivity index (χ4n) is 2.88. The Balaban J connectivity index is 1.37. The van der Waals surface area contributed by atoms with Crippen LogP contribution in [0.2, 0.25) is 0 Å². The SMILES string of the molecule is Fc1ccccc1COc1cccc(CNc2ccc3c(c2)OCCO3)c1. The summed E-state index contributed by atoms with van der Waals surface area (Å²) in [4.78, 5) is 0. The van der Waals surface area contributed by atoms with Crippen molar-refractivity contribution in [2.24, 2.45) is 0 Å². The highest BCUT2D eigenvalue weighted by Gasteiger charge is 2.11. The fourth-order valence-corrected chi connectivity index (χ4v) is 2.88. The smallest absolute Gasteiger partial charge is 0.163 e. The van der Waals surface area contributed by atoms with E-state index in [0.29, 0.717) is 31.1 Å². The molecule has 3 aromatic rings. The predicted molar refractivity (Wildman–Crippen MR) is 102 cm³/mol. The molecule has 0 atom stereocenters. The summed E-state index contributed by atoms with van der Waals surface area (Å²) in [5, 5.41) is 3.37. The van der Waals surface area contributed by atoms with Crippen molar-refractivity contribution in [3.63, 3.8) is 0 Å². The second-order valence-electron chi connectivity index (χ2n) is 6.24. The lowest BCUT2D eigenvalue weighted by Gasteiger charge is -2.19. The van der Waals surface area contributed by atoms with Crippen molar-refractivity contribution in [3.8, 4) is 17.2 Å². The van der Waals surface area contributed by atoms with Crippen molar-refractivity contribution in [1.29, 1.82) is 0 Å². The molecule has 1 aliphatic heterocycles. The zero-order valence-corrected chi connectivity index (χ0v) is 14.8. The van der Waals surface area contributed by atoms with Crippen LogP contribution in [-0.4, -0.2) is 13.2 Å². The molecule has 0 fully saturated rings. The molecule has 1 N–H and O–H groups in total. The third kappa shape index (κ3) is 4.31. The second kappa shape index (κ2) is 7.99. The normalized spacial score (nSPS) is 12.5. The van der Waals surface area contributed by atoms with Gasteiger partial charge in [0.1, 0.15) is 31.4 Å². The first kappa shape index (κ1) is 17.2. The predicted octanol–water partition coefficient (Wildman–Crippen LogP) is 4.79. The monoisotopic (exact) mass is 365 g/mol. The van der Waals surface area contributed by atoms with Gasteiger partial charge in [-0.05, 0) is 35.9 Å². The van der Waals surface area contributed by atoms with Gasteiger partial charge in [-0.3, -0.25) is 0 Å². The van der Waals surface area contributed by atoms with Gasteiger partial charge in [0.15, 0.2) is 11.5 Å². The van der Waals surface area contributed by atoms with Crippen LogP contribution in [-0.2, 0) is 13.2 Å². The average Bonchev–Trinajstić information content (AvgIpc) is 2.72. The van der Waals surface area contributed by atoms with E-state index >= 15 is 0 Å². The Morgan fingerprint density at radius 2 is 1.74 bits per heavy atom. The summed E-state index contributed by atoms with van der Waals surface area (Å²) in [6.45, 7) is 1.99. The van der Waals surface area contributed by atoms with Crippen LogP contribution in [0.4, 0.5) is 10.1 Å². The quantitative estimate of drug-likeness (QED) is 0.682. The summed E-state index contributed by atoms with van der Waals surface area (Å²) in [5.74, 6) is 1.98. The van der Waals surface area contributed by atoms with Gasteiger partial charge in [0.05, 0.1) is 0 Å². The molecule has 3 aromatic carbocycles. The molecule has 0 bridgehead atoms. The van der Waals surface area contributed by atoms with Crippen LogP contribution in [0.5, 0.6) is 17.2 Å². The van der Waals surface area contributed by atoms with E-state index in [1.807, 2.05) is 42.5 Å². The third-order valence-corrected chi connectivity index (χ3v) is 4.29. The number of anilines is 1. The van der Waals surface area contributed by atoms with Crippen molar-refractivity contribution in [2.75, 3.05) is 18.5 Å². The second-order valence-corrected chi connectivity index (χ2v) is 6.24. The van der Waals surface area contributed by atoms with E-state index in [0.717, 1.165) is 22.7 Å². The van der Waals surface area contributed by atoms with Crippen molar-refractivity contribution >= 4 is 5.69 Å². The number of halogens is 1. The van der Waals surface area contributed by atoms with Crippen molar-refractivity contribution in [3.05, 3.63) is 83.7 Å². The molecule has 0 spiro atoms. The Morgan fingerprint density at radius 1 is 0.889 bits per heavy atom. The maximum Gasteiger partial charge on any atom is 0.163 e. The van der Waals surface area contributed by atoms with Gasteiger partial charge in [0.2, 0.25) is 0 Å². The largest absolute Gasteiger partial charge is 0.489 e. The zero-order chi connectivity index (χ0) is 18.5. The zero-order valence-electron chi connectivity index (χ0n) is 14.8. The van der Waals surface area contributed by atoms with Crippen molar-refractivity contribution < 1.29 is 18.6 Å². The highest BCUT2D eigenvalue weighted by Crippen LogP contribution is 2.32. The molecule has 0 saturated heterocycles. The molecular weight excluding hydrogens is 345 g/mol. The summed E-state index contributed by atoms with van der Waals surface area (Å²) >= 11 is 0. The fraction of sp³-hybridized carbons (Fsp3) is 0.182. The molecule has 0 saturated carbocycles. The van der Waals surface area contributed by atoms with Crippen LogP contribution >= 0.6 is 0 Å². The van der Waals surface area contributed by atoms with Crippen molar-refractivity contribution in [2.45, 2.75) is 13.2 Å². The highest BCUT2D eigenvalue weighted by molar-refractivity contribution is 5.55. The molecule has 0 amide bonds. The summed E-state index contributed by atoms with van der Waals surface area (Å²) in [7, 11) is 0. The summed E-state index contributed by atoms with van der Waals surface area (Å²) in [6, 6.07) is 20.2. The van der Waals surface area contributed by atoms with E-state index in [-0.39, 0.29) is 12.4 Å². The van der Waals surface area contributed by atoms with Gasteiger partial charge in [-0.2, -0.15) is 0 Å². The first-order valence-corrected chi connectivity index (χ1v) is 8.86. The van der Waals surface area contributed by atoms with E-state index in [1.165, 1.54) is 6.07 Å². The number of ether oxygens (including phenoxy) is 3. The summed E-state index contributed by atoms with van der Waals surface area (Å²) in [6.07, 6.45) is 0. The molecule has 0 aromatic heterocycles. The topological polar surface area (TPSA) is 39.7 Å². The molecule has 5 heteroatoms. The number of hydrogen-bond donors (Lipinski definition) is 1. The Bertz CT molecular complexity index is 929. The third-order valence-electron chi connectivity index (χ3n) is 4.29. The standard InChI is InChI=1S/C22H20FNO3/c23-20-7-2-1-5-17(20)15-27-19-6-3-4-16(12-19)14-24-18-8-9-21-22(13-18)26-11-10-25-21/h1-9,12-13,24H,10-11,14-15H2. The molecule has 0 unspecified atom stereocenters. The van der Waals surface area contributed by atoms with E-state index < -0.39 is 0 Å². The van der Waals surface area contributed by atoms with Gasteiger partial charge in [0.25, 0.3) is 0 Å². The highest BCUT2D eigenvalue weighted by atomic mass is 19.1. The molecule has 1 heterocycles. The van der Waals surface area contributed by atoms with Gasteiger partial charge in [-0.15, -0.1) is 0 Å². The molecule has 4 nitrogen and oxygen atoms in total. The first-order chi connectivity index (χ1) is 13.3. The number of rotatable bonds is 6. The Hall–Kier alpha value is -3.21. The number of hydrogen-bond acceptors (Lipinski definition) is 4. The van der Waals surface area contributed by atoms with Gasteiger partial charge < -0.3 is 19.5 Å². The number of fused-ring (bicyclic) bond motifs is 1. The maximum absolute atomic E-state index is 13.7. The lowest BCUT2D eigenvalue weighted by molar-refractivity contribution is 0.171. The van der Waals surface area contributed by atoms with Crippen LogP contribution in [0.1, 0.15) is 11.1 Å². The van der Waals surface area contributed by atoms with Gasteiger partial charge in [-0.25, -0.2) is 4.39 Å². The number of nitrogens with one attached hydrogen (secondary N) is 1. The number of benzene rings is 3. The van der Waals surface area contributed by atoms with Crippen LogP contribution in [0.3, 0.4) is 0 Å². The summed E-state index contributed by atoms with van der Waals surface area (Å²) < 4.78 is 30.6. The summed E-state index contributed by atoms with van der Waals surface area (Å²) in [5.41, 5.74) is 2.56. The van der Waals surface area contributed by atoms with E-state index in [1.54, 1.807) is 18.2 Å². The van der Waals surface area contributed by atoms with E-state index in [9.17, 15) is 4.39 Å². The lowest BCUT2D eigenvalue weighted by Crippen LogP contribution is -2.15.